The second kappa shape index (κ2) is 8.17. The van der Waals surface area contributed by atoms with Crippen LogP contribution in [0.1, 0.15) is 30.6 Å². The monoisotopic (exact) mass is 333 g/mol. The highest BCUT2D eigenvalue weighted by atomic mass is 32.2. The molecule has 1 unspecified atom stereocenters. The quantitative estimate of drug-likeness (QED) is 0.765. The Morgan fingerprint density at radius 3 is 2.87 bits per heavy atom. The zero-order chi connectivity index (χ0) is 16.8. The first-order valence-electron chi connectivity index (χ1n) is 7.66. The molecule has 0 aliphatic heterocycles. The lowest BCUT2D eigenvalue weighted by Gasteiger charge is -2.21. The summed E-state index contributed by atoms with van der Waals surface area (Å²) in [5.74, 6) is 0.149. The first-order valence-corrected chi connectivity index (χ1v) is 8.88. The average Bonchev–Trinajstić information content (AvgIpc) is 3.03. The number of hydrogen-bond acceptors (Lipinski definition) is 4. The van der Waals surface area contributed by atoms with Crippen molar-refractivity contribution >= 4 is 17.7 Å². The van der Waals surface area contributed by atoms with Crippen LogP contribution in [0, 0.1) is 5.92 Å². The molecule has 6 heteroatoms. The van der Waals surface area contributed by atoms with Gasteiger partial charge in [0.1, 0.15) is 0 Å². The Labute approximate surface area is 141 Å². The van der Waals surface area contributed by atoms with Crippen molar-refractivity contribution in [2.45, 2.75) is 31.5 Å². The molecule has 1 heterocycles. The first kappa shape index (κ1) is 17.6. The van der Waals surface area contributed by atoms with Gasteiger partial charge in [0, 0.05) is 36.3 Å². The smallest absolute Gasteiger partial charge is 0.251 e. The highest BCUT2D eigenvalue weighted by Gasteiger charge is 2.17. The summed E-state index contributed by atoms with van der Waals surface area (Å²) in [6.07, 6.45) is 6.15. The van der Waals surface area contributed by atoms with Crippen LogP contribution in [-0.2, 0) is 0 Å². The van der Waals surface area contributed by atoms with E-state index in [2.05, 4.69) is 10.3 Å². The number of benzene rings is 1. The van der Waals surface area contributed by atoms with Crippen molar-refractivity contribution in [1.82, 2.24) is 14.9 Å². The van der Waals surface area contributed by atoms with Crippen LogP contribution < -0.4 is 5.32 Å². The summed E-state index contributed by atoms with van der Waals surface area (Å²) in [5.41, 5.74) is 1.51. The highest BCUT2D eigenvalue weighted by molar-refractivity contribution is 7.98. The number of carbonyl (C=O) groups excluding carboxylic acids is 1. The molecule has 23 heavy (non-hydrogen) atoms. The fourth-order valence-corrected chi connectivity index (χ4v) is 2.93. The topological polar surface area (TPSA) is 67.2 Å². The van der Waals surface area contributed by atoms with Crippen molar-refractivity contribution < 1.29 is 9.90 Å². The molecule has 0 aliphatic rings. The van der Waals surface area contributed by atoms with Crippen LogP contribution in [0.4, 0.5) is 0 Å². The number of imidazole rings is 1. The van der Waals surface area contributed by atoms with Gasteiger partial charge in [-0.15, -0.1) is 0 Å². The molecule has 2 aromatic rings. The molecule has 1 aromatic heterocycles. The van der Waals surface area contributed by atoms with Crippen molar-refractivity contribution in [3.8, 4) is 5.69 Å². The third-order valence-corrected chi connectivity index (χ3v) is 4.40. The van der Waals surface area contributed by atoms with Gasteiger partial charge in [-0.2, -0.15) is 0 Å². The third kappa shape index (κ3) is 4.36. The number of amides is 1. The molecule has 0 saturated heterocycles. The Balaban J connectivity index is 2.20. The maximum Gasteiger partial charge on any atom is 0.251 e. The lowest BCUT2D eigenvalue weighted by atomic mass is 10.0. The predicted octanol–water partition coefficient (Wildman–Crippen LogP) is 2.73. The molecular weight excluding hydrogens is 310 g/mol. The van der Waals surface area contributed by atoms with Crippen LogP contribution in [0.3, 0.4) is 0 Å². The molecular formula is C17H23N3O2S. The van der Waals surface area contributed by atoms with E-state index in [1.807, 2.05) is 49.1 Å². The molecule has 0 radical (unpaired) electrons. The van der Waals surface area contributed by atoms with Gasteiger partial charge >= 0.3 is 0 Å². The third-order valence-electron chi connectivity index (χ3n) is 3.74. The van der Waals surface area contributed by atoms with Gasteiger partial charge in [-0.25, -0.2) is 4.98 Å². The minimum Gasteiger partial charge on any atom is -0.396 e. The molecule has 2 rings (SSSR count). The van der Waals surface area contributed by atoms with Crippen LogP contribution in [0.15, 0.2) is 41.8 Å². The summed E-state index contributed by atoms with van der Waals surface area (Å²) in [7, 11) is 0. The number of nitrogens with zero attached hydrogens (tertiary/aromatic N) is 2. The number of aromatic nitrogens is 2. The lowest BCUT2D eigenvalue weighted by molar-refractivity contribution is 0.0916. The van der Waals surface area contributed by atoms with E-state index in [0.29, 0.717) is 12.0 Å². The number of aliphatic hydroxyl groups is 1. The van der Waals surface area contributed by atoms with Crippen LogP contribution in [0.5, 0.6) is 0 Å². The Bertz CT molecular complexity index is 655. The van der Waals surface area contributed by atoms with Crippen molar-refractivity contribution in [3.63, 3.8) is 0 Å². The van der Waals surface area contributed by atoms with Gasteiger partial charge < -0.3 is 10.4 Å². The zero-order valence-electron chi connectivity index (χ0n) is 13.7. The maximum atomic E-state index is 12.5. The molecule has 0 fully saturated rings. The van der Waals surface area contributed by atoms with Gasteiger partial charge in [0.05, 0.1) is 0 Å². The summed E-state index contributed by atoms with van der Waals surface area (Å²) < 4.78 is 1.95. The lowest BCUT2D eigenvalue weighted by Crippen LogP contribution is -2.39. The van der Waals surface area contributed by atoms with E-state index < -0.39 is 0 Å². The Morgan fingerprint density at radius 2 is 2.22 bits per heavy atom. The summed E-state index contributed by atoms with van der Waals surface area (Å²) >= 11 is 1.56. The van der Waals surface area contributed by atoms with Crippen molar-refractivity contribution in [2.24, 2.45) is 5.92 Å². The minimum atomic E-state index is -0.121. The Morgan fingerprint density at radius 1 is 1.43 bits per heavy atom. The molecule has 124 valence electrons. The SMILES string of the molecule is CSc1nccn1-c1cccc(C(=O)NC(CCO)C(C)C)c1. The van der Waals surface area contributed by atoms with Gasteiger partial charge in [0.2, 0.25) is 0 Å². The second-order valence-electron chi connectivity index (χ2n) is 5.67. The van der Waals surface area contributed by atoms with Crippen molar-refractivity contribution in [3.05, 3.63) is 42.2 Å². The molecule has 1 atom stereocenters. The summed E-state index contributed by atoms with van der Waals surface area (Å²) in [6.45, 7) is 4.13. The van der Waals surface area contributed by atoms with Gasteiger partial charge in [-0.3, -0.25) is 9.36 Å². The van der Waals surface area contributed by atoms with Crippen LogP contribution in [0.2, 0.25) is 0 Å². The van der Waals surface area contributed by atoms with Crippen molar-refractivity contribution in [1.29, 1.82) is 0 Å². The van der Waals surface area contributed by atoms with Crippen LogP contribution in [-0.4, -0.2) is 39.5 Å². The number of rotatable bonds is 7. The summed E-state index contributed by atoms with van der Waals surface area (Å²) in [4.78, 5) is 16.8. The second-order valence-corrected chi connectivity index (χ2v) is 6.44. The molecule has 0 bridgehead atoms. The number of nitrogens with one attached hydrogen (secondary N) is 1. The minimum absolute atomic E-state index is 0.0360. The number of thioether (sulfide) groups is 1. The van der Waals surface area contributed by atoms with Crippen LogP contribution >= 0.6 is 11.8 Å². The van der Waals surface area contributed by atoms with E-state index in [0.717, 1.165) is 10.8 Å². The fraction of sp³-hybridized carbons (Fsp3) is 0.412. The largest absolute Gasteiger partial charge is 0.396 e. The summed E-state index contributed by atoms with van der Waals surface area (Å²) in [6, 6.07) is 7.43. The molecule has 0 aliphatic carbocycles. The zero-order valence-corrected chi connectivity index (χ0v) is 14.5. The molecule has 0 spiro atoms. The van der Waals surface area contributed by atoms with E-state index in [9.17, 15) is 4.79 Å². The van der Waals surface area contributed by atoms with Gasteiger partial charge in [0.25, 0.3) is 5.91 Å². The number of carbonyl (C=O) groups is 1. The predicted molar refractivity (Wildman–Crippen MR) is 93.1 cm³/mol. The number of aliphatic hydroxyl groups excluding tert-OH is 1. The maximum absolute atomic E-state index is 12.5. The number of hydrogen-bond donors (Lipinski definition) is 2. The standard InChI is InChI=1S/C17H23N3O2S/c1-12(2)15(7-10-21)19-16(22)13-5-4-6-14(11-13)20-9-8-18-17(20)23-3/h4-6,8-9,11-12,15,21H,7,10H2,1-3H3,(H,19,22). The molecule has 2 N–H and O–H groups in total. The fourth-order valence-electron chi connectivity index (χ4n) is 2.40. The van der Waals surface area contributed by atoms with E-state index >= 15 is 0 Å². The van der Waals surface area contributed by atoms with Gasteiger partial charge in [-0.1, -0.05) is 31.7 Å². The van der Waals surface area contributed by atoms with Crippen LogP contribution in [0.25, 0.3) is 5.69 Å². The van der Waals surface area contributed by atoms with E-state index in [4.69, 9.17) is 5.11 Å². The first-order chi connectivity index (χ1) is 11.1. The van der Waals surface area contributed by atoms with E-state index in [1.165, 1.54) is 0 Å². The average molecular weight is 333 g/mol. The van der Waals surface area contributed by atoms with Gasteiger partial charge in [0.15, 0.2) is 5.16 Å². The summed E-state index contributed by atoms with van der Waals surface area (Å²) in [5, 5.41) is 13.0. The molecule has 1 aromatic carbocycles. The molecule has 1 amide bonds. The Hall–Kier alpha value is -1.79. The molecule has 0 saturated carbocycles. The van der Waals surface area contributed by atoms with E-state index in [1.54, 1.807) is 24.0 Å². The highest BCUT2D eigenvalue weighted by Crippen LogP contribution is 2.19. The van der Waals surface area contributed by atoms with Crippen molar-refractivity contribution in [2.75, 3.05) is 12.9 Å². The Kier molecular flexibility index (Phi) is 6.24. The molecule has 5 nitrogen and oxygen atoms in total. The van der Waals surface area contributed by atoms with E-state index in [-0.39, 0.29) is 24.5 Å². The normalized spacial score (nSPS) is 12.4. The van der Waals surface area contributed by atoms with Gasteiger partial charge in [-0.05, 0) is 36.8 Å².